The molecule has 5 nitrogen and oxygen atoms in total. The Morgan fingerprint density at radius 3 is 3.00 bits per heavy atom. The largest absolute Gasteiger partial charge is 0.482 e. The van der Waals surface area contributed by atoms with Gasteiger partial charge in [0.15, 0.2) is 13.2 Å². The third kappa shape index (κ3) is 4.00. The van der Waals surface area contributed by atoms with Gasteiger partial charge >= 0.3 is 5.97 Å². The molecule has 78 valence electrons. The summed E-state index contributed by atoms with van der Waals surface area (Å²) in [5.41, 5.74) is 6.06. The van der Waals surface area contributed by atoms with E-state index in [1.807, 2.05) is 0 Å². The molecule has 0 aliphatic carbocycles. The molecule has 0 bridgehead atoms. The summed E-state index contributed by atoms with van der Waals surface area (Å²) in [6, 6.07) is 8.38. The number of ether oxygens (including phenoxy) is 2. The van der Waals surface area contributed by atoms with Crippen molar-refractivity contribution in [3.63, 3.8) is 0 Å². The van der Waals surface area contributed by atoms with Crippen LogP contribution in [0.25, 0.3) is 0 Å². The first kappa shape index (κ1) is 10.9. The normalized spacial score (nSPS) is 9.00. The number of anilines is 1. The predicted octanol–water partition coefficient (Wildman–Crippen LogP) is 0.714. The fourth-order valence-electron chi connectivity index (χ4n) is 0.901. The Hall–Kier alpha value is -2.22. The van der Waals surface area contributed by atoms with Crippen LogP contribution in [0, 0.1) is 11.3 Å². The van der Waals surface area contributed by atoms with Crippen LogP contribution in [-0.2, 0) is 9.53 Å². The second kappa shape index (κ2) is 5.50. The number of hydrogen-bond donors (Lipinski definition) is 1. The van der Waals surface area contributed by atoms with E-state index in [1.165, 1.54) is 0 Å². The molecular formula is C10H10N2O3. The maximum Gasteiger partial charge on any atom is 0.345 e. The van der Waals surface area contributed by atoms with E-state index in [4.69, 9.17) is 15.7 Å². The third-order valence-corrected chi connectivity index (χ3v) is 1.51. The number of rotatable bonds is 4. The number of nitriles is 1. The number of hydrogen-bond acceptors (Lipinski definition) is 5. The van der Waals surface area contributed by atoms with Crippen molar-refractivity contribution >= 4 is 11.7 Å². The summed E-state index contributed by atoms with van der Waals surface area (Å²) in [5.74, 6) is -0.0946. The van der Waals surface area contributed by atoms with Crippen LogP contribution in [0.2, 0.25) is 0 Å². The van der Waals surface area contributed by atoms with Crippen LogP contribution in [0.1, 0.15) is 0 Å². The molecule has 0 saturated carbocycles. The number of esters is 1. The molecule has 1 rings (SSSR count). The highest BCUT2D eigenvalue weighted by molar-refractivity contribution is 5.71. The van der Waals surface area contributed by atoms with Gasteiger partial charge in [-0.2, -0.15) is 5.26 Å². The smallest absolute Gasteiger partial charge is 0.345 e. The van der Waals surface area contributed by atoms with Gasteiger partial charge in [0.1, 0.15) is 11.8 Å². The number of benzene rings is 1. The predicted molar refractivity (Wildman–Crippen MR) is 52.9 cm³/mol. The minimum absolute atomic E-state index is 0.231. The lowest BCUT2D eigenvalue weighted by molar-refractivity contribution is -0.144. The van der Waals surface area contributed by atoms with Crippen LogP contribution >= 0.6 is 0 Å². The number of nitrogens with zero attached hydrogens (tertiary/aromatic N) is 1. The van der Waals surface area contributed by atoms with Crippen molar-refractivity contribution < 1.29 is 14.3 Å². The molecule has 0 heterocycles. The molecule has 0 fully saturated rings. The first-order valence-electron chi connectivity index (χ1n) is 4.23. The van der Waals surface area contributed by atoms with E-state index in [0.29, 0.717) is 11.4 Å². The van der Waals surface area contributed by atoms with Crippen LogP contribution in [0.4, 0.5) is 5.69 Å². The van der Waals surface area contributed by atoms with Crippen molar-refractivity contribution in [3.8, 4) is 11.8 Å². The lowest BCUT2D eigenvalue weighted by Crippen LogP contribution is -2.14. The molecule has 0 aliphatic rings. The highest BCUT2D eigenvalue weighted by Gasteiger charge is 2.03. The molecule has 5 heteroatoms. The number of nitrogen functional groups attached to an aromatic ring is 1. The van der Waals surface area contributed by atoms with E-state index >= 15 is 0 Å². The Balaban J connectivity index is 2.37. The summed E-state index contributed by atoms with van der Waals surface area (Å²) < 4.78 is 9.57. The van der Waals surface area contributed by atoms with Crippen molar-refractivity contribution in [1.29, 1.82) is 5.26 Å². The lowest BCUT2D eigenvalue weighted by Gasteiger charge is -2.05. The Morgan fingerprint density at radius 2 is 2.33 bits per heavy atom. The highest BCUT2D eigenvalue weighted by Crippen LogP contribution is 2.14. The Labute approximate surface area is 87.0 Å². The maximum atomic E-state index is 10.9. The Kier molecular flexibility index (Phi) is 3.98. The van der Waals surface area contributed by atoms with Gasteiger partial charge in [-0.3, -0.25) is 0 Å². The van der Waals surface area contributed by atoms with Crippen molar-refractivity contribution in [2.45, 2.75) is 0 Å². The molecule has 0 aliphatic heterocycles. The number of carbonyl (C=O) groups is 1. The van der Waals surface area contributed by atoms with Crippen molar-refractivity contribution in [3.05, 3.63) is 24.3 Å². The molecule has 0 spiro atoms. The number of nitrogens with two attached hydrogens (primary N) is 1. The molecule has 0 atom stereocenters. The zero-order valence-electron chi connectivity index (χ0n) is 7.97. The number of carbonyl (C=O) groups excluding carboxylic acids is 1. The van der Waals surface area contributed by atoms with Gasteiger partial charge in [-0.1, -0.05) is 6.07 Å². The van der Waals surface area contributed by atoms with Gasteiger partial charge in [0.25, 0.3) is 0 Å². The Bertz CT molecular complexity index is 384. The fourth-order valence-corrected chi connectivity index (χ4v) is 0.901. The first-order chi connectivity index (χ1) is 7.22. The molecule has 2 N–H and O–H groups in total. The topological polar surface area (TPSA) is 85.3 Å². The summed E-state index contributed by atoms with van der Waals surface area (Å²) >= 11 is 0. The van der Waals surface area contributed by atoms with Gasteiger partial charge < -0.3 is 15.2 Å². The van der Waals surface area contributed by atoms with Gasteiger partial charge in [0.05, 0.1) is 0 Å². The van der Waals surface area contributed by atoms with Gasteiger partial charge in [0.2, 0.25) is 0 Å². The monoisotopic (exact) mass is 206 g/mol. The van der Waals surface area contributed by atoms with E-state index in [2.05, 4.69) is 4.74 Å². The average Bonchev–Trinajstić information content (AvgIpc) is 2.23. The summed E-state index contributed by atoms with van der Waals surface area (Å²) in [7, 11) is 0. The van der Waals surface area contributed by atoms with E-state index in [1.54, 1.807) is 30.3 Å². The van der Waals surface area contributed by atoms with Crippen LogP contribution in [-0.4, -0.2) is 19.2 Å². The SMILES string of the molecule is N#CCOC(=O)COc1cccc(N)c1. The van der Waals surface area contributed by atoms with E-state index in [-0.39, 0.29) is 13.2 Å². The zero-order chi connectivity index (χ0) is 11.1. The van der Waals surface area contributed by atoms with Crippen molar-refractivity contribution in [2.24, 2.45) is 0 Å². The molecule has 1 aromatic rings. The molecule has 0 aromatic heterocycles. The molecule has 0 radical (unpaired) electrons. The second-order valence-corrected chi connectivity index (χ2v) is 2.68. The van der Waals surface area contributed by atoms with Crippen LogP contribution in [0.5, 0.6) is 5.75 Å². The van der Waals surface area contributed by atoms with Gasteiger partial charge in [-0.05, 0) is 12.1 Å². The van der Waals surface area contributed by atoms with Gasteiger partial charge in [-0.25, -0.2) is 4.79 Å². The summed E-state index contributed by atoms with van der Waals surface area (Å²) in [5, 5.41) is 8.15. The maximum absolute atomic E-state index is 10.9. The second-order valence-electron chi connectivity index (χ2n) is 2.68. The standard InChI is InChI=1S/C10H10N2O3/c11-4-5-14-10(13)7-15-9-3-1-2-8(12)6-9/h1-3,6H,5,7,12H2. The minimum Gasteiger partial charge on any atom is -0.482 e. The fraction of sp³-hybridized carbons (Fsp3) is 0.200. The third-order valence-electron chi connectivity index (χ3n) is 1.51. The summed E-state index contributed by atoms with van der Waals surface area (Å²) in [4.78, 5) is 10.9. The molecule has 1 aromatic carbocycles. The van der Waals surface area contributed by atoms with Crippen molar-refractivity contribution in [2.75, 3.05) is 18.9 Å². The molecule has 15 heavy (non-hydrogen) atoms. The average molecular weight is 206 g/mol. The Morgan fingerprint density at radius 1 is 1.53 bits per heavy atom. The van der Waals surface area contributed by atoms with Gasteiger partial charge in [-0.15, -0.1) is 0 Å². The van der Waals surface area contributed by atoms with E-state index < -0.39 is 5.97 Å². The van der Waals surface area contributed by atoms with E-state index in [9.17, 15) is 4.79 Å². The van der Waals surface area contributed by atoms with Crippen LogP contribution in [0.15, 0.2) is 24.3 Å². The summed E-state index contributed by atoms with van der Waals surface area (Å²) in [6.45, 7) is -0.496. The zero-order valence-corrected chi connectivity index (χ0v) is 7.97. The quantitative estimate of drug-likeness (QED) is 0.579. The minimum atomic E-state index is -0.584. The van der Waals surface area contributed by atoms with Crippen LogP contribution < -0.4 is 10.5 Å². The highest BCUT2D eigenvalue weighted by atomic mass is 16.6. The molecular weight excluding hydrogens is 196 g/mol. The van der Waals surface area contributed by atoms with Crippen molar-refractivity contribution in [1.82, 2.24) is 0 Å². The molecule has 0 saturated heterocycles. The lowest BCUT2D eigenvalue weighted by atomic mass is 10.3. The first-order valence-corrected chi connectivity index (χ1v) is 4.23. The van der Waals surface area contributed by atoms with E-state index in [0.717, 1.165) is 0 Å². The van der Waals surface area contributed by atoms with Gasteiger partial charge in [0, 0.05) is 11.8 Å². The molecule has 0 amide bonds. The van der Waals surface area contributed by atoms with Crippen LogP contribution in [0.3, 0.4) is 0 Å². The molecule has 0 unspecified atom stereocenters. The summed E-state index contributed by atoms with van der Waals surface area (Å²) in [6.07, 6.45) is 0.